The van der Waals surface area contributed by atoms with Crippen LogP contribution in [0.25, 0.3) is 0 Å². The molecular weight excluding hydrogens is 328 g/mol. The van der Waals surface area contributed by atoms with Crippen molar-refractivity contribution in [3.63, 3.8) is 0 Å². The second-order valence-corrected chi connectivity index (χ2v) is 7.53. The minimum atomic E-state index is 0.244. The van der Waals surface area contributed by atoms with Crippen LogP contribution in [0.2, 0.25) is 0 Å². The number of anilines is 1. The van der Waals surface area contributed by atoms with Gasteiger partial charge in [0.1, 0.15) is 0 Å². The molecule has 0 radical (unpaired) electrons. The zero-order valence-electron chi connectivity index (χ0n) is 15.5. The summed E-state index contributed by atoms with van der Waals surface area (Å²) >= 11 is 0. The smallest absolute Gasteiger partial charge is 0.224 e. The molecule has 0 aromatic carbocycles. The summed E-state index contributed by atoms with van der Waals surface area (Å²) in [6.07, 6.45) is 6.50. The number of hydrogen-bond donors (Lipinski definition) is 0. The lowest BCUT2D eigenvalue weighted by atomic mass is 9.97. The summed E-state index contributed by atoms with van der Waals surface area (Å²) in [5, 5.41) is 12.6. The van der Waals surface area contributed by atoms with Crippen LogP contribution in [0.4, 0.5) is 5.82 Å². The monoisotopic (exact) mass is 354 g/mol. The van der Waals surface area contributed by atoms with Crippen molar-refractivity contribution in [2.24, 2.45) is 11.8 Å². The van der Waals surface area contributed by atoms with E-state index < -0.39 is 0 Å². The molecule has 4 rings (SSSR count). The molecule has 2 fully saturated rings. The number of fused-ring (bicyclic) bond motifs is 1. The van der Waals surface area contributed by atoms with Crippen LogP contribution < -0.4 is 4.90 Å². The number of nitrogens with zero attached hydrogens (tertiary/aromatic N) is 6. The van der Waals surface area contributed by atoms with Crippen LogP contribution in [-0.2, 0) is 11.3 Å². The van der Waals surface area contributed by atoms with Gasteiger partial charge in [-0.1, -0.05) is 0 Å². The van der Waals surface area contributed by atoms with Gasteiger partial charge in [0.2, 0.25) is 5.91 Å². The van der Waals surface area contributed by atoms with Crippen LogP contribution in [0.3, 0.4) is 0 Å². The van der Waals surface area contributed by atoms with Crippen LogP contribution in [0.15, 0.2) is 30.6 Å². The van der Waals surface area contributed by atoms with Crippen molar-refractivity contribution in [1.82, 2.24) is 24.9 Å². The summed E-state index contributed by atoms with van der Waals surface area (Å²) in [5.74, 6) is 2.29. The van der Waals surface area contributed by atoms with Gasteiger partial charge in [-0.05, 0) is 43.9 Å². The van der Waals surface area contributed by atoms with E-state index >= 15 is 0 Å². The number of aryl methyl sites for hydroxylation is 2. The van der Waals surface area contributed by atoms with Crippen molar-refractivity contribution in [1.29, 1.82) is 0 Å². The molecule has 1 saturated carbocycles. The van der Waals surface area contributed by atoms with E-state index in [-0.39, 0.29) is 5.91 Å². The van der Waals surface area contributed by atoms with Crippen LogP contribution >= 0.6 is 0 Å². The summed E-state index contributed by atoms with van der Waals surface area (Å²) in [6.45, 7) is 4.37. The van der Waals surface area contributed by atoms with E-state index in [0.717, 1.165) is 31.0 Å². The molecule has 7 heteroatoms. The Morgan fingerprint density at radius 2 is 2.19 bits per heavy atom. The maximum atomic E-state index is 12.7. The zero-order chi connectivity index (χ0) is 18.1. The van der Waals surface area contributed by atoms with Gasteiger partial charge in [-0.2, -0.15) is 10.2 Å². The Morgan fingerprint density at radius 3 is 2.92 bits per heavy atom. The molecule has 1 saturated heterocycles. The molecular formula is C19H26N6O. The van der Waals surface area contributed by atoms with Gasteiger partial charge < -0.3 is 9.80 Å². The molecule has 0 spiro atoms. The van der Waals surface area contributed by atoms with E-state index in [9.17, 15) is 4.79 Å². The average molecular weight is 354 g/mol. The van der Waals surface area contributed by atoms with Crippen LogP contribution in [-0.4, -0.2) is 57.0 Å². The quantitative estimate of drug-likeness (QED) is 0.818. The van der Waals surface area contributed by atoms with Gasteiger partial charge in [-0.3, -0.25) is 9.48 Å². The third kappa shape index (κ3) is 3.30. The first-order chi connectivity index (χ1) is 12.6. The molecule has 3 heterocycles. The number of hydrogen-bond acceptors (Lipinski definition) is 5. The minimum absolute atomic E-state index is 0.244. The van der Waals surface area contributed by atoms with Gasteiger partial charge in [0.05, 0.1) is 5.69 Å². The maximum Gasteiger partial charge on any atom is 0.224 e. The zero-order valence-corrected chi connectivity index (χ0v) is 15.5. The second-order valence-electron chi connectivity index (χ2n) is 7.53. The molecule has 0 N–H and O–H groups in total. The summed E-state index contributed by atoms with van der Waals surface area (Å²) in [5.41, 5.74) is 0.989. The molecule has 2 aliphatic rings. The van der Waals surface area contributed by atoms with Crippen LogP contribution in [0.5, 0.6) is 0 Å². The molecule has 7 nitrogen and oxygen atoms in total. The molecule has 2 aromatic rings. The van der Waals surface area contributed by atoms with Crippen molar-refractivity contribution in [3.05, 3.63) is 36.3 Å². The summed E-state index contributed by atoms with van der Waals surface area (Å²) in [7, 11) is 2.10. The number of carbonyl (C=O) groups is 1. The van der Waals surface area contributed by atoms with Gasteiger partial charge in [-0.15, -0.1) is 5.10 Å². The number of aromatic nitrogens is 4. The summed E-state index contributed by atoms with van der Waals surface area (Å²) in [4.78, 5) is 17.0. The van der Waals surface area contributed by atoms with Crippen molar-refractivity contribution in [2.45, 2.75) is 38.8 Å². The highest BCUT2D eigenvalue weighted by atomic mass is 16.2. The van der Waals surface area contributed by atoms with E-state index in [0.29, 0.717) is 30.8 Å². The van der Waals surface area contributed by atoms with Crippen molar-refractivity contribution in [3.8, 4) is 0 Å². The SMILES string of the molecule is Cc1ccn(CCC(=O)N2C[C@H]3CC[C@@H](N(C)c4cccnn4)[C@H]3C2)n1. The fourth-order valence-corrected chi connectivity index (χ4v) is 4.53. The van der Waals surface area contributed by atoms with Gasteiger partial charge in [0, 0.05) is 57.5 Å². The van der Waals surface area contributed by atoms with Crippen molar-refractivity contribution < 1.29 is 4.79 Å². The molecule has 0 unspecified atom stereocenters. The molecule has 1 aliphatic heterocycles. The fourth-order valence-electron chi connectivity index (χ4n) is 4.53. The Balaban J connectivity index is 1.35. The van der Waals surface area contributed by atoms with Crippen LogP contribution in [0, 0.1) is 18.8 Å². The minimum Gasteiger partial charge on any atom is -0.355 e. The largest absolute Gasteiger partial charge is 0.355 e. The van der Waals surface area contributed by atoms with Gasteiger partial charge in [0.15, 0.2) is 5.82 Å². The lowest BCUT2D eigenvalue weighted by molar-refractivity contribution is -0.130. The molecule has 138 valence electrons. The molecule has 26 heavy (non-hydrogen) atoms. The fraction of sp³-hybridized carbons (Fsp3) is 0.579. The highest BCUT2D eigenvalue weighted by Crippen LogP contribution is 2.41. The Morgan fingerprint density at radius 1 is 1.31 bits per heavy atom. The van der Waals surface area contributed by atoms with E-state index in [1.165, 1.54) is 6.42 Å². The molecule has 1 aliphatic carbocycles. The summed E-state index contributed by atoms with van der Waals surface area (Å²) < 4.78 is 1.86. The predicted molar refractivity (Wildman–Crippen MR) is 98.6 cm³/mol. The third-order valence-electron chi connectivity index (χ3n) is 5.92. The average Bonchev–Trinajstić information content (AvgIpc) is 3.35. The Bertz CT molecular complexity index is 760. The van der Waals surface area contributed by atoms with E-state index in [2.05, 4.69) is 32.1 Å². The van der Waals surface area contributed by atoms with Gasteiger partial charge >= 0.3 is 0 Å². The second kappa shape index (κ2) is 7.05. The van der Waals surface area contributed by atoms with E-state index in [1.807, 2.05) is 36.0 Å². The van der Waals surface area contributed by atoms with E-state index in [4.69, 9.17) is 0 Å². The summed E-state index contributed by atoms with van der Waals surface area (Å²) in [6, 6.07) is 6.33. The van der Waals surface area contributed by atoms with E-state index in [1.54, 1.807) is 6.20 Å². The highest BCUT2D eigenvalue weighted by Gasteiger charge is 2.45. The molecule has 1 amide bonds. The van der Waals surface area contributed by atoms with Gasteiger partial charge in [0.25, 0.3) is 0 Å². The maximum absolute atomic E-state index is 12.7. The first-order valence-electron chi connectivity index (χ1n) is 9.40. The van der Waals surface area contributed by atoms with Crippen LogP contribution in [0.1, 0.15) is 25.0 Å². The number of likely N-dealkylation sites (tertiary alicyclic amines) is 1. The molecule has 2 aromatic heterocycles. The Kier molecular flexibility index (Phi) is 4.61. The Hall–Kier alpha value is -2.44. The third-order valence-corrected chi connectivity index (χ3v) is 5.92. The lowest BCUT2D eigenvalue weighted by Gasteiger charge is -2.30. The number of carbonyl (C=O) groups excluding carboxylic acids is 1. The number of rotatable bonds is 5. The normalized spacial score (nSPS) is 24.7. The van der Waals surface area contributed by atoms with Crippen molar-refractivity contribution in [2.75, 3.05) is 25.0 Å². The van der Waals surface area contributed by atoms with Crippen molar-refractivity contribution >= 4 is 11.7 Å². The first-order valence-corrected chi connectivity index (χ1v) is 9.40. The Labute approximate surface area is 154 Å². The highest BCUT2D eigenvalue weighted by molar-refractivity contribution is 5.76. The molecule has 0 bridgehead atoms. The standard InChI is InChI=1S/C19H26N6O/c1-14-7-10-25(22-14)11-8-19(26)24-12-15-5-6-17(16(15)13-24)23(2)18-4-3-9-20-21-18/h3-4,7,9-10,15-17H,5-6,8,11-13H2,1-2H3/t15-,16+,17-/m1/s1. The first kappa shape index (κ1) is 17.0. The predicted octanol–water partition coefficient (Wildman–Crippen LogP) is 1.75. The topological polar surface area (TPSA) is 67.2 Å². The van der Waals surface area contributed by atoms with Gasteiger partial charge in [-0.25, -0.2) is 0 Å². The lowest BCUT2D eigenvalue weighted by Crippen LogP contribution is -2.39. The molecule has 3 atom stereocenters. The number of amides is 1.